The molecule has 0 radical (unpaired) electrons. The predicted molar refractivity (Wildman–Crippen MR) is 101 cm³/mol. The van der Waals surface area contributed by atoms with Crippen molar-refractivity contribution in [3.05, 3.63) is 109 Å². The molecule has 0 aliphatic carbocycles. The highest BCUT2D eigenvalue weighted by molar-refractivity contribution is 5.51. The molecule has 22 heavy (non-hydrogen) atoms. The molecule has 0 aromatic heterocycles. The minimum atomic E-state index is 1.01. The third-order valence-corrected chi connectivity index (χ3v) is 3.02. The molecule has 0 aliphatic rings. The Morgan fingerprint density at radius 3 is 1.86 bits per heavy atom. The molecule has 0 heterocycles. The van der Waals surface area contributed by atoms with Crippen molar-refractivity contribution in [3.8, 4) is 0 Å². The third-order valence-electron chi connectivity index (χ3n) is 3.02. The summed E-state index contributed by atoms with van der Waals surface area (Å²) in [5, 5.41) is 0. The molecule has 2 rings (SSSR count). The Hall–Kier alpha value is -2.60. The van der Waals surface area contributed by atoms with Gasteiger partial charge in [0.15, 0.2) is 0 Å². The maximum Gasteiger partial charge on any atom is -0.0257 e. The van der Waals surface area contributed by atoms with Gasteiger partial charge in [-0.15, -0.1) is 0 Å². The third kappa shape index (κ3) is 7.86. The topological polar surface area (TPSA) is 0 Å². The van der Waals surface area contributed by atoms with Crippen LogP contribution in [0.5, 0.6) is 0 Å². The lowest BCUT2D eigenvalue weighted by Crippen LogP contribution is -1.68. The van der Waals surface area contributed by atoms with E-state index in [-0.39, 0.29) is 0 Å². The van der Waals surface area contributed by atoms with Crippen molar-refractivity contribution in [2.75, 3.05) is 0 Å². The summed E-state index contributed by atoms with van der Waals surface area (Å²) in [7, 11) is 0. The van der Waals surface area contributed by atoms with E-state index in [1.54, 1.807) is 0 Å². The lowest BCUT2D eigenvalue weighted by Gasteiger charge is -1.90. The van der Waals surface area contributed by atoms with Crippen LogP contribution in [0.15, 0.2) is 97.6 Å². The van der Waals surface area contributed by atoms with E-state index in [1.165, 1.54) is 11.1 Å². The molecule has 0 atom stereocenters. The molecule has 2 aromatic carbocycles. The van der Waals surface area contributed by atoms with Crippen LogP contribution in [0.25, 0.3) is 12.2 Å². The molecule has 0 aliphatic heterocycles. The quantitative estimate of drug-likeness (QED) is 0.547. The summed E-state index contributed by atoms with van der Waals surface area (Å²) in [6.07, 6.45) is 11.0. The molecule has 0 unspecified atom stereocenters. The standard InChI is InChI=1S/C14H16.C8H8/c1-3-13(2)9-7-8-12-14-10-5-4-6-11-14;1-2-8-6-4-3-5-7-8/h4-12H,2-3H2,1H3;2-7H,1H2. The smallest absolute Gasteiger partial charge is 0.0257 e. The summed E-state index contributed by atoms with van der Waals surface area (Å²) in [6.45, 7) is 9.63. The Morgan fingerprint density at radius 2 is 1.41 bits per heavy atom. The zero-order valence-corrected chi connectivity index (χ0v) is 13.3. The van der Waals surface area contributed by atoms with E-state index in [0.717, 1.165) is 12.0 Å². The van der Waals surface area contributed by atoms with Crippen molar-refractivity contribution in [2.45, 2.75) is 13.3 Å². The minimum Gasteiger partial charge on any atom is -0.0985 e. The van der Waals surface area contributed by atoms with E-state index in [1.807, 2.05) is 72.8 Å². The normalized spacial score (nSPS) is 10.2. The lowest BCUT2D eigenvalue weighted by molar-refractivity contribution is 1.16. The summed E-state index contributed by atoms with van der Waals surface area (Å²) in [5.74, 6) is 0. The zero-order chi connectivity index (χ0) is 16.0. The van der Waals surface area contributed by atoms with Crippen LogP contribution in [0.2, 0.25) is 0 Å². The van der Waals surface area contributed by atoms with Gasteiger partial charge in [0.2, 0.25) is 0 Å². The number of hydrogen-bond donors (Lipinski definition) is 0. The van der Waals surface area contributed by atoms with Crippen LogP contribution in [0.4, 0.5) is 0 Å². The first-order valence-corrected chi connectivity index (χ1v) is 7.51. The number of rotatable bonds is 5. The number of benzene rings is 2. The fourth-order valence-corrected chi connectivity index (χ4v) is 1.63. The molecule has 0 saturated carbocycles. The highest BCUT2D eigenvalue weighted by Crippen LogP contribution is 2.02. The second kappa shape index (κ2) is 11.1. The van der Waals surface area contributed by atoms with Gasteiger partial charge in [-0.25, -0.2) is 0 Å². The largest absolute Gasteiger partial charge is 0.0985 e. The van der Waals surface area contributed by atoms with Crippen LogP contribution in [0.1, 0.15) is 24.5 Å². The van der Waals surface area contributed by atoms with Crippen LogP contribution in [0.3, 0.4) is 0 Å². The minimum absolute atomic E-state index is 1.01. The van der Waals surface area contributed by atoms with Gasteiger partial charge in [-0.2, -0.15) is 0 Å². The SMILES string of the molecule is C=C(C=CC=Cc1ccccc1)CC.C=Cc1ccccc1. The van der Waals surface area contributed by atoms with Gasteiger partial charge in [0.25, 0.3) is 0 Å². The summed E-state index contributed by atoms with van der Waals surface area (Å²) in [4.78, 5) is 0. The monoisotopic (exact) mass is 288 g/mol. The van der Waals surface area contributed by atoms with Crippen molar-refractivity contribution in [2.24, 2.45) is 0 Å². The Kier molecular flexibility index (Phi) is 8.81. The van der Waals surface area contributed by atoms with Crippen LogP contribution in [-0.4, -0.2) is 0 Å². The van der Waals surface area contributed by atoms with E-state index < -0.39 is 0 Å². The molecule has 0 spiro atoms. The molecule has 0 bridgehead atoms. The maximum atomic E-state index is 3.90. The molecule has 112 valence electrons. The average molecular weight is 288 g/mol. The van der Waals surface area contributed by atoms with Crippen LogP contribution in [-0.2, 0) is 0 Å². The molecule has 0 heteroatoms. The maximum absolute atomic E-state index is 3.90. The van der Waals surface area contributed by atoms with Gasteiger partial charge in [-0.3, -0.25) is 0 Å². The van der Waals surface area contributed by atoms with Crippen molar-refractivity contribution in [1.29, 1.82) is 0 Å². The van der Waals surface area contributed by atoms with E-state index in [0.29, 0.717) is 0 Å². The molecule has 0 N–H and O–H groups in total. The van der Waals surface area contributed by atoms with Crippen molar-refractivity contribution in [3.63, 3.8) is 0 Å². The van der Waals surface area contributed by atoms with Gasteiger partial charge in [-0.1, -0.05) is 117 Å². The van der Waals surface area contributed by atoms with E-state index in [2.05, 4.69) is 38.3 Å². The summed E-state index contributed by atoms with van der Waals surface area (Å²) < 4.78 is 0. The molecule has 0 nitrogen and oxygen atoms in total. The Balaban J connectivity index is 0.000000255. The van der Waals surface area contributed by atoms with Gasteiger partial charge in [0, 0.05) is 0 Å². The second-order valence-corrected chi connectivity index (χ2v) is 4.76. The molecular formula is C22H24. The number of allylic oxidation sites excluding steroid dienone is 4. The first-order chi connectivity index (χ1) is 10.8. The van der Waals surface area contributed by atoms with E-state index >= 15 is 0 Å². The summed E-state index contributed by atoms with van der Waals surface area (Å²) >= 11 is 0. The van der Waals surface area contributed by atoms with Gasteiger partial charge in [-0.05, 0) is 17.5 Å². The first-order valence-electron chi connectivity index (χ1n) is 7.51. The Morgan fingerprint density at radius 1 is 0.864 bits per heavy atom. The fraction of sp³-hybridized carbons (Fsp3) is 0.0909. The number of hydrogen-bond acceptors (Lipinski definition) is 0. The van der Waals surface area contributed by atoms with Gasteiger partial charge in [0.1, 0.15) is 0 Å². The van der Waals surface area contributed by atoms with Crippen LogP contribution < -0.4 is 0 Å². The summed E-state index contributed by atoms with van der Waals surface area (Å²) in [6, 6.07) is 20.3. The second-order valence-electron chi connectivity index (χ2n) is 4.76. The molecule has 0 amide bonds. The lowest BCUT2D eigenvalue weighted by atomic mass is 10.2. The van der Waals surface area contributed by atoms with Gasteiger partial charge >= 0.3 is 0 Å². The van der Waals surface area contributed by atoms with Crippen LogP contribution in [0, 0.1) is 0 Å². The highest BCUT2D eigenvalue weighted by Gasteiger charge is 1.81. The molecular weight excluding hydrogens is 264 g/mol. The fourth-order valence-electron chi connectivity index (χ4n) is 1.63. The van der Waals surface area contributed by atoms with E-state index in [4.69, 9.17) is 0 Å². The Bertz CT molecular complexity index is 601. The van der Waals surface area contributed by atoms with Crippen molar-refractivity contribution >= 4 is 12.2 Å². The summed E-state index contributed by atoms with van der Waals surface area (Å²) in [5.41, 5.74) is 3.55. The Labute approximate surface area is 134 Å². The predicted octanol–water partition coefficient (Wildman–Crippen LogP) is 6.55. The van der Waals surface area contributed by atoms with Gasteiger partial charge < -0.3 is 0 Å². The van der Waals surface area contributed by atoms with Crippen molar-refractivity contribution in [1.82, 2.24) is 0 Å². The average Bonchev–Trinajstić information content (AvgIpc) is 2.60. The van der Waals surface area contributed by atoms with Crippen LogP contribution >= 0.6 is 0 Å². The van der Waals surface area contributed by atoms with E-state index in [9.17, 15) is 0 Å². The van der Waals surface area contributed by atoms with Crippen molar-refractivity contribution < 1.29 is 0 Å². The molecule has 0 saturated heterocycles. The first kappa shape index (κ1) is 17.5. The molecule has 0 fully saturated rings. The molecule has 2 aromatic rings. The zero-order valence-electron chi connectivity index (χ0n) is 13.3. The van der Waals surface area contributed by atoms with Gasteiger partial charge in [0.05, 0.1) is 0 Å². The highest BCUT2D eigenvalue weighted by atomic mass is 13.9.